The molecule has 2 aromatic carbocycles. The molecule has 0 amide bonds. The van der Waals surface area contributed by atoms with Crippen molar-refractivity contribution in [2.75, 3.05) is 0 Å². The van der Waals surface area contributed by atoms with E-state index in [1.165, 1.54) is 0 Å². The molecule has 0 aliphatic carbocycles. The zero-order valence-electron chi connectivity index (χ0n) is 11.3. The maximum Gasteiger partial charge on any atom is 0.266 e. The number of rotatable bonds is 2. The average molecular weight is 364 g/mol. The monoisotopic (exact) mass is 362 g/mol. The normalized spacial score (nSPS) is 11.0. The fraction of sp³-hybridized carbons (Fsp3) is 0.125. The van der Waals surface area contributed by atoms with Crippen LogP contribution in [0.25, 0.3) is 16.6 Å². The fourth-order valence-corrected chi connectivity index (χ4v) is 2.73. The third-order valence-electron chi connectivity index (χ3n) is 3.36. The Labute approximate surface area is 135 Å². The Morgan fingerprint density at radius 3 is 2.71 bits per heavy atom. The Morgan fingerprint density at radius 1 is 1.24 bits per heavy atom. The Kier molecular flexibility index (Phi) is 3.83. The summed E-state index contributed by atoms with van der Waals surface area (Å²) in [6.45, 7) is 1.98. The molecule has 0 spiro atoms. The summed E-state index contributed by atoms with van der Waals surface area (Å²) in [5.74, 6) is 0.719. The van der Waals surface area contributed by atoms with Crippen LogP contribution in [0.2, 0.25) is 0 Å². The molecular weight excluding hydrogens is 352 g/mol. The summed E-state index contributed by atoms with van der Waals surface area (Å²) < 4.78 is 2.58. The van der Waals surface area contributed by atoms with Gasteiger partial charge in [-0.25, -0.2) is 4.98 Å². The van der Waals surface area contributed by atoms with Gasteiger partial charge in [0.15, 0.2) is 0 Å². The Morgan fingerprint density at radius 2 is 2.00 bits per heavy atom. The van der Waals surface area contributed by atoms with Crippen LogP contribution in [0.1, 0.15) is 11.4 Å². The highest BCUT2D eigenvalue weighted by Gasteiger charge is 2.12. The minimum absolute atomic E-state index is 0.0991. The number of benzene rings is 2. The molecule has 0 atom stereocenters. The summed E-state index contributed by atoms with van der Waals surface area (Å²) >= 11 is 9.46. The predicted molar refractivity (Wildman–Crippen MR) is 89.3 cm³/mol. The van der Waals surface area contributed by atoms with Crippen LogP contribution in [-0.4, -0.2) is 9.55 Å². The van der Waals surface area contributed by atoms with E-state index in [2.05, 4.69) is 20.9 Å². The van der Waals surface area contributed by atoms with Crippen LogP contribution in [0.3, 0.4) is 0 Å². The molecule has 0 radical (unpaired) electrons. The molecule has 1 aromatic heterocycles. The van der Waals surface area contributed by atoms with Crippen molar-refractivity contribution < 1.29 is 0 Å². The van der Waals surface area contributed by atoms with E-state index in [0.717, 1.165) is 15.7 Å². The van der Waals surface area contributed by atoms with E-state index in [1.807, 2.05) is 43.3 Å². The number of nitrogens with zero attached hydrogens (tertiary/aromatic N) is 2. The summed E-state index contributed by atoms with van der Waals surface area (Å²) in [4.78, 5) is 17.3. The molecular formula is C16H12BrClN2O. The minimum Gasteiger partial charge on any atom is -0.268 e. The molecule has 1 heterocycles. The van der Waals surface area contributed by atoms with Gasteiger partial charge in [0.1, 0.15) is 5.82 Å². The van der Waals surface area contributed by atoms with Gasteiger partial charge in [-0.05, 0) is 42.8 Å². The lowest BCUT2D eigenvalue weighted by molar-refractivity contribution is 0.880. The van der Waals surface area contributed by atoms with Crippen LogP contribution < -0.4 is 5.56 Å². The van der Waals surface area contributed by atoms with Gasteiger partial charge < -0.3 is 0 Å². The minimum atomic E-state index is -0.0991. The zero-order valence-corrected chi connectivity index (χ0v) is 13.6. The first-order valence-electron chi connectivity index (χ1n) is 6.45. The molecule has 5 heteroatoms. The van der Waals surface area contributed by atoms with E-state index in [0.29, 0.717) is 16.7 Å². The van der Waals surface area contributed by atoms with Crippen LogP contribution in [0.15, 0.2) is 51.7 Å². The second-order valence-corrected chi connectivity index (χ2v) is 5.87. The first-order chi connectivity index (χ1) is 10.1. The second-order valence-electron chi connectivity index (χ2n) is 4.75. The van der Waals surface area contributed by atoms with Gasteiger partial charge in [-0.1, -0.05) is 28.1 Å². The van der Waals surface area contributed by atoms with E-state index >= 15 is 0 Å². The number of alkyl halides is 1. The van der Waals surface area contributed by atoms with Crippen LogP contribution >= 0.6 is 27.5 Å². The molecule has 0 aliphatic heterocycles. The van der Waals surface area contributed by atoms with E-state index < -0.39 is 0 Å². The highest BCUT2D eigenvalue weighted by molar-refractivity contribution is 9.10. The highest BCUT2D eigenvalue weighted by atomic mass is 79.9. The topological polar surface area (TPSA) is 34.9 Å². The highest BCUT2D eigenvalue weighted by Crippen LogP contribution is 2.20. The van der Waals surface area contributed by atoms with E-state index in [1.54, 1.807) is 10.6 Å². The third kappa shape index (κ3) is 2.49. The summed E-state index contributed by atoms with van der Waals surface area (Å²) in [5.41, 5.74) is 2.39. The van der Waals surface area contributed by atoms with Crippen molar-refractivity contribution in [3.05, 3.63) is 68.7 Å². The molecule has 3 rings (SSSR count). The lowest BCUT2D eigenvalue weighted by atomic mass is 10.2. The van der Waals surface area contributed by atoms with Crippen molar-refractivity contribution in [3.8, 4) is 5.69 Å². The first-order valence-corrected chi connectivity index (χ1v) is 7.77. The maximum absolute atomic E-state index is 12.8. The molecule has 3 nitrogen and oxygen atoms in total. The molecule has 21 heavy (non-hydrogen) atoms. The van der Waals surface area contributed by atoms with Gasteiger partial charge in [-0.2, -0.15) is 0 Å². The number of aryl methyl sites for hydroxylation is 1. The SMILES string of the molecule is Cc1cc(-n2c(CCl)nc3ccccc3c2=O)ccc1Br. The molecule has 0 saturated carbocycles. The van der Waals surface area contributed by atoms with Gasteiger partial charge in [0.05, 0.1) is 22.5 Å². The predicted octanol–water partition coefficient (Wildman–Crippen LogP) is 4.20. The van der Waals surface area contributed by atoms with Crippen molar-refractivity contribution in [1.29, 1.82) is 0 Å². The lowest BCUT2D eigenvalue weighted by Gasteiger charge is -2.13. The first kappa shape index (κ1) is 14.3. The Hall–Kier alpha value is -1.65. The van der Waals surface area contributed by atoms with Crippen LogP contribution in [-0.2, 0) is 5.88 Å². The Bertz CT molecular complexity index is 889. The molecule has 0 saturated heterocycles. The van der Waals surface area contributed by atoms with Gasteiger partial charge in [0, 0.05) is 4.47 Å². The average Bonchev–Trinajstić information content (AvgIpc) is 2.50. The zero-order chi connectivity index (χ0) is 15.0. The van der Waals surface area contributed by atoms with Gasteiger partial charge >= 0.3 is 0 Å². The smallest absolute Gasteiger partial charge is 0.266 e. The largest absolute Gasteiger partial charge is 0.268 e. The summed E-state index contributed by atoms with van der Waals surface area (Å²) in [6.07, 6.45) is 0. The van der Waals surface area contributed by atoms with Crippen molar-refractivity contribution in [2.45, 2.75) is 12.8 Å². The van der Waals surface area contributed by atoms with Crippen LogP contribution in [0.5, 0.6) is 0 Å². The van der Waals surface area contributed by atoms with Gasteiger partial charge in [0.2, 0.25) is 0 Å². The molecule has 0 bridgehead atoms. The number of aromatic nitrogens is 2. The van der Waals surface area contributed by atoms with Crippen molar-refractivity contribution >= 4 is 38.4 Å². The molecule has 0 fully saturated rings. The molecule has 0 N–H and O–H groups in total. The molecule has 0 aliphatic rings. The number of hydrogen-bond donors (Lipinski definition) is 0. The maximum atomic E-state index is 12.8. The third-order valence-corrected chi connectivity index (χ3v) is 4.49. The van der Waals surface area contributed by atoms with Crippen molar-refractivity contribution in [2.24, 2.45) is 0 Å². The Balaban J connectivity index is 2.37. The van der Waals surface area contributed by atoms with Gasteiger partial charge in [-0.3, -0.25) is 9.36 Å². The van der Waals surface area contributed by atoms with Crippen LogP contribution in [0.4, 0.5) is 0 Å². The van der Waals surface area contributed by atoms with E-state index in [4.69, 9.17) is 11.6 Å². The van der Waals surface area contributed by atoms with E-state index in [9.17, 15) is 4.79 Å². The number of halogens is 2. The standard InChI is InChI=1S/C16H12BrClN2O/c1-10-8-11(6-7-13(10)17)20-15(9-18)19-14-5-3-2-4-12(14)16(20)21/h2-8H,9H2,1H3. The second kappa shape index (κ2) is 5.62. The molecule has 3 aromatic rings. The lowest BCUT2D eigenvalue weighted by Crippen LogP contribution is -2.23. The van der Waals surface area contributed by atoms with E-state index in [-0.39, 0.29) is 11.4 Å². The fourth-order valence-electron chi connectivity index (χ4n) is 2.30. The van der Waals surface area contributed by atoms with Crippen LogP contribution in [0, 0.1) is 6.92 Å². The molecule has 0 unspecified atom stereocenters. The number of fused-ring (bicyclic) bond motifs is 1. The quantitative estimate of drug-likeness (QED) is 0.640. The van der Waals surface area contributed by atoms with Crippen molar-refractivity contribution in [3.63, 3.8) is 0 Å². The number of para-hydroxylation sites is 1. The van der Waals surface area contributed by atoms with Gasteiger partial charge in [-0.15, -0.1) is 11.6 Å². The van der Waals surface area contributed by atoms with Crippen molar-refractivity contribution in [1.82, 2.24) is 9.55 Å². The molecule has 106 valence electrons. The van der Waals surface area contributed by atoms with Gasteiger partial charge in [0.25, 0.3) is 5.56 Å². The summed E-state index contributed by atoms with van der Waals surface area (Å²) in [7, 11) is 0. The number of hydrogen-bond acceptors (Lipinski definition) is 2. The summed E-state index contributed by atoms with van der Waals surface area (Å²) in [6, 6.07) is 13.0. The summed E-state index contributed by atoms with van der Waals surface area (Å²) in [5, 5.41) is 0.590.